The van der Waals surface area contributed by atoms with Crippen LogP contribution >= 0.6 is 15.9 Å². The van der Waals surface area contributed by atoms with Gasteiger partial charge in [0.2, 0.25) is 0 Å². The molecule has 2 heteroatoms. The van der Waals surface area contributed by atoms with Crippen LogP contribution in [0.5, 0.6) is 0 Å². The summed E-state index contributed by atoms with van der Waals surface area (Å²) in [7, 11) is 0. The highest BCUT2D eigenvalue weighted by molar-refractivity contribution is 9.10. The molecule has 0 aromatic heterocycles. The predicted octanol–water partition coefficient (Wildman–Crippen LogP) is 5.86. The van der Waals surface area contributed by atoms with E-state index in [4.69, 9.17) is 0 Å². The minimum absolute atomic E-state index is 0.294. The lowest BCUT2D eigenvalue weighted by molar-refractivity contribution is 0.868. The SMILES string of the molecule is Cc1cc(C)c(C(C)Nc2cccc(Br)c2C)cc1C. The number of halogens is 1. The lowest BCUT2D eigenvalue weighted by Crippen LogP contribution is -2.10. The van der Waals surface area contributed by atoms with Gasteiger partial charge >= 0.3 is 0 Å². The van der Waals surface area contributed by atoms with Crippen LogP contribution in [0.4, 0.5) is 5.69 Å². The Hall–Kier alpha value is -1.28. The molecule has 2 aromatic carbocycles. The zero-order chi connectivity index (χ0) is 14.9. The Morgan fingerprint density at radius 1 is 0.950 bits per heavy atom. The minimum Gasteiger partial charge on any atom is -0.378 e. The number of nitrogens with one attached hydrogen (secondary N) is 1. The van der Waals surface area contributed by atoms with Crippen molar-refractivity contribution >= 4 is 21.6 Å². The second-order valence-corrected chi connectivity index (χ2v) is 6.43. The van der Waals surface area contributed by atoms with Crippen LogP contribution in [0, 0.1) is 27.7 Å². The van der Waals surface area contributed by atoms with Gasteiger partial charge in [0.05, 0.1) is 0 Å². The first-order valence-corrected chi connectivity index (χ1v) is 7.79. The zero-order valence-electron chi connectivity index (χ0n) is 12.8. The summed E-state index contributed by atoms with van der Waals surface area (Å²) in [6.07, 6.45) is 0. The van der Waals surface area contributed by atoms with Gasteiger partial charge in [-0.15, -0.1) is 0 Å². The second kappa shape index (κ2) is 6.01. The van der Waals surface area contributed by atoms with Crippen molar-refractivity contribution in [3.63, 3.8) is 0 Å². The Bertz CT molecular complexity index is 632. The molecule has 0 saturated heterocycles. The van der Waals surface area contributed by atoms with Crippen molar-refractivity contribution in [2.24, 2.45) is 0 Å². The summed E-state index contributed by atoms with van der Waals surface area (Å²) in [5, 5.41) is 3.62. The van der Waals surface area contributed by atoms with Gasteiger partial charge < -0.3 is 5.32 Å². The van der Waals surface area contributed by atoms with Gasteiger partial charge in [0.1, 0.15) is 0 Å². The molecule has 0 saturated carbocycles. The van der Waals surface area contributed by atoms with Gasteiger partial charge in [0.25, 0.3) is 0 Å². The summed E-state index contributed by atoms with van der Waals surface area (Å²) < 4.78 is 1.14. The van der Waals surface area contributed by atoms with E-state index in [0.29, 0.717) is 6.04 Å². The van der Waals surface area contributed by atoms with E-state index in [1.165, 1.54) is 33.5 Å². The lowest BCUT2D eigenvalue weighted by Gasteiger charge is -2.21. The van der Waals surface area contributed by atoms with Crippen LogP contribution in [0.1, 0.15) is 40.8 Å². The molecule has 0 fully saturated rings. The summed E-state index contributed by atoms with van der Waals surface area (Å²) in [6, 6.07) is 11.1. The first kappa shape index (κ1) is 15.1. The molecule has 0 aliphatic rings. The van der Waals surface area contributed by atoms with E-state index in [9.17, 15) is 0 Å². The Kier molecular flexibility index (Phi) is 4.54. The number of rotatable bonds is 3. The van der Waals surface area contributed by atoms with Crippen LogP contribution in [-0.4, -0.2) is 0 Å². The smallest absolute Gasteiger partial charge is 0.0488 e. The third-order valence-electron chi connectivity index (χ3n) is 3.99. The molecular weight excluding hydrogens is 310 g/mol. The summed E-state index contributed by atoms with van der Waals surface area (Å²) in [6.45, 7) is 10.9. The topological polar surface area (TPSA) is 12.0 Å². The van der Waals surface area contributed by atoms with Crippen molar-refractivity contribution < 1.29 is 0 Å². The van der Waals surface area contributed by atoms with E-state index in [2.05, 4.69) is 86.2 Å². The molecule has 1 nitrogen and oxygen atoms in total. The standard InChI is InChI=1S/C18H22BrN/c1-11-9-13(3)16(10-12(11)2)15(5)20-18-8-6-7-17(19)14(18)4/h6-10,15,20H,1-5H3. The fraction of sp³-hybridized carbons (Fsp3) is 0.333. The van der Waals surface area contributed by atoms with Gasteiger partial charge in [-0.2, -0.15) is 0 Å². The van der Waals surface area contributed by atoms with Crippen molar-refractivity contribution in [1.82, 2.24) is 0 Å². The van der Waals surface area contributed by atoms with E-state index < -0.39 is 0 Å². The van der Waals surface area contributed by atoms with Crippen LogP contribution in [0.15, 0.2) is 34.8 Å². The molecule has 1 unspecified atom stereocenters. The first-order chi connectivity index (χ1) is 9.40. The number of benzene rings is 2. The van der Waals surface area contributed by atoms with Crippen molar-refractivity contribution in [3.05, 3.63) is 62.6 Å². The highest BCUT2D eigenvalue weighted by Gasteiger charge is 2.11. The fourth-order valence-corrected chi connectivity index (χ4v) is 2.89. The van der Waals surface area contributed by atoms with Gasteiger partial charge in [-0.1, -0.05) is 34.1 Å². The average molecular weight is 332 g/mol. The van der Waals surface area contributed by atoms with Crippen molar-refractivity contribution in [2.45, 2.75) is 40.7 Å². The average Bonchev–Trinajstić information content (AvgIpc) is 2.39. The van der Waals surface area contributed by atoms with E-state index in [0.717, 1.165) is 4.47 Å². The van der Waals surface area contributed by atoms with Crippen LogP contribution in [0.2, 0.25) is 0 Å². The van der Waals surface area contributed by atoms with Gasteiger partial charge in [-0.3, -0.25) is 0 Å². The monoisotopic (exact) mass is 331 g/mol. The third kappa shape index (κ3) is 3.06. The Labute approximate surface area is 130 Å². The number of aryl methyl sites for hydroxylation is 3. The molecule has 0 radical (unpaired) electrons. The largest absolute Gasteiger partial charge is 0.378 e. The maximum atomic E-state index is 3.62. The van der Waals surface area contributed by atoms with Crippen molar-refractivity contribution in [2.75, 3.05) is 5.32 Å². The summed E-state index contributed by atoms with van der Waals surface area (Å²) in [5.41, 5.74) is 7.86. The summed E-state index contributed by atoms with van der Waals surface area (Å²) >= 11 is 3.59. The van der Waals surface area contributed by atoms with E-state index >= 15 is 0 Å². The first-order valence-electron chi connectivity index (χ1n) is 6.99. The lowest BCUT2D eigenvalue weighted by atomic mass is 9.96. The molecule has 0 aliphatic heterocycles. The molecule has 0 bridgehead atoms. The van der Waals surface area contributed by atoms with Crippen molar-refractivity contribution in [1.29, 1.82) is 0 Å². The minimum atomic E-state index is 0.294. The van der Waals surface area contributed by atoms with Crippen LogP contribution in [0.25, 0.3) is 0 Å². The quantitative estimate of drug-likeness (QED) is 0.743. The normalized spacial score (nSPS) is 12.3. The Morgan fingerprint density at radius 3 is 2.30 bits per heavy atom. The molecule has 106 valence electrons. The van der Waals surface area contributed by atoms with Crippen LogP contribution in [-0.2, 0) is 0 Å². The third-order valence-corrected chi connectivity index (χ3v) is 4.85. The predicted molar refractivity (Wildman–Crippen MR) is 91.6 cm³/mol. The van der Waals surface area contributed by atoms with E-state index in [-0.39, 0.29) is 0 Å². The zero-order valence-corrected chi connectivity index (χ0v) is 14.4. The van der Waals surface area contributed by atoms with Crippen LogP contribution in [0.3, 0.4) is 0 Å². The molecule has 2 rings (SSSR count). The summed E-state index contributed by atoms with van der Waals surface area (Å²) in [5.74, 6) is 0. The maximum Gasteiger partial charge on any atom is 0.0488 e. The molecule has 1 N–H and O–H groups in total. The number of hydrogen-bond acceptors (Lipinski definition) is 1. The fourth-order valence-electron chi connectivity index (χ4n) is 2.52. The second-order valence-electron chi connectivity index (χ2n) is 5.57. The van der Waals surface area contributed by atoms with E-state index in [1.54, 1.807) is 0 Å². The highest BCUT2D eigenvalue weighted by Crippen LogP contribution is 2.29. The highest BCUT2D eigenvalue weighted by atomic mass is 79.9. The Morgan fingerprint density at radius 2 is 1.60 bits per heavy atom. The van der Waals surface area contributed by atoms with Crippen LogP contribution < -0.4 is 5.32 Å². The van der Waals surface area contributed by atoms with Gasteiger partial charge in [-0.05, 0) is 74.6 Å². The number of anilines is 1. The van der Waals surface area contributed by atoms with E-state index in [1.807, 2.05) is 0 Å². The maximum absolute atomic E-state index is 3.62. The summed E-state index contributed by atoms with van der Waals surface area (Å²) in [4.78, 5) is 0. The molecule has 0 aliphatic carbocycles. The Balaban J connectivity index is 2.31. The molecule has 0 heterocycles. The molecule has 1 atom stereocenters. The van der Waals surface area contributed by atoms with Gasteiger partial charge in [0.15, 0.2) is 0 Å². The van der Waals surface area contributed by atoms with Gasteiger partial charge in [0, 0.05) is 16.2 Å². The number of hydrogen-bond donors (Lipinski definition) is 1. The van der Waals surface area contributed by atoms with Gasteiger partial charge in [-0.25, -0.2) is 0 Å². The molecular formula is C18H22BrN. The molecule has 2 aromatic rings. The molecule has 0 amide bonds. The molecule has 20 heavy (non-hydrogen) atoms. The molecule has 0 spiro atoms. The van der Waals surface area contributed by atoms with Crippen molar-refractivity contribution in [3.8, 4) is 0 Å².